The molecule has 0 unspecified atom stereocenters. The molecule has 0 aliphatic heterocycles. The van der Waals surface area contributed by atoms with Crippen molar-refractivity contribution >= 4 is 17.5 Å². The normalized spacial score (nSPS) is 12.2. The van der Waals surface area contributed by atoms with Gasteiger partial charge in [-0.1, -0.05) is 37.6 Å². The van der Waals surface area contributed by atoms with Gasteiger partial charge in [-0.3, -0.25) is 9.59 Å². The predicted molar refractivity (Wildman–Crippen MR) is 104 cm³/mol. The number of benzene rings is 1. The summed E-state index contributed by atoms with van der Waals surface area (Å²) >= 11 is 5.97. The zero-order valence-electron chi connectivity index (χ0n) is 15.7. The van der Waals surface area contributed by atoms with Gasteiger partial charge < -0.3 is 10.3 Å². The molecule has 0 bridgehead atoms. The van der Waals surface area contributed by atoms with Gasteiger partial charge >= 0.3 is 0 Å². The topological polar surface area (TPSA) is 74.8 Å². The molecule has 5 nitrogen and oxygen atoms in total. The van der Waals surface area contributed by atoms with Gasteiger partial charge in [-0.05, 0) is 50.3 Å². The van der Waals surface area contributed by atoms with E-state index >= 15 is 0 Å². The Morgan fingerprint density at radius 1 is 1.19 bits per heavy atom. The van der Waals surface area contributed by atoms with Gasteiger partial charge in [0.1, 0.15) is 5.82 Å². The second kappa shape index (κ2) is 8.99. The van der Waals surface area contributed by atoms with E-state index in [-0.39, 0.29) is 23.9 Å². The highest BCUT2D eigenvalue weighted by Gasteiger charge is 2.18. The second-order valence-corrected chi connectivity index (χ2v) is 7.47. The van der Waals surface area contributed by atoms with Gasteiger partial charge in [-0.25, -0.2) is 4.98 Å². The molecule has 0 radical (unpaired) electrons. The van der Waals surface area contributed by atoms with Crippen LogP contribution in [-0.4, -0.2) is 15.9 Å². The van der Waals surface area contributed by atoms with Crippen LogP contribution in [0.1, 0.15) is 55.4 Å². The van der Waals surface area contributed by atoms with E-state index in [9.17, 15) is 9.59 Å². The van der Waals surface area contributed by atoms with Gasteiger partial charge in [-0.15, -0.1) is 0 Å². The van der Waals surface area contributed by atoms with Crippen molar-refractivity contribution in [2.24, 2.45) is 5.92 Å². The molecule has 0 aliphatic carbocycles. The average molecular weight is 376 g/mol. The fraction of sp³-hybridized carbons (Fsp3) is 0.450. The monoisotopic (exact) mass is 375 g/mol. The number of nitrogens with zero attached hydrogens (tertiary/aromatic N) is 1. The van der Waals surface area contributed by atoms with Gasteiger partial charge in [0.25, 0.3) is 5.56 Å². The number of rotatable bonds is 7. The van der Waals surface area contributed by atoms with Crippen LogP contribution in [0.4, 0.5) is 0 Å². The highest BCUT2D eigenvalue weighted by Crippen LogP contribution is 2.23. The Morgan fingerprint density at radius 2 is 1.85 bits per heavy atom. The van der Waals surface area contributed by atoms with E-state index in [1.165, 1.54) is 0 Å². The molecular formula is C20H26ClN3O2. The van der Waals surface area contributed by atoms with Crippen molar-refractivity contribution in [1.29, 1.82) is 0 Å². The summed E-state index contributed by atoms with van der Waals surface area (Å²) in [6.07, 6.45) is 1.83. The minimum Gasteiger partial charge on any atom is -0.349 e. The Hall–Kier alpha value is -2.14. The summed E-state index contributed by atoms with van der Waals surface area (Å²) in [6.45, 7) is 7.78. The van der Waals surface area contributed by atoms with Crippen molar-refractivity contribution in [2.75, 3.05) is 0 Å². The predicted octanol–water partition coefficient (Wildman–Crippen LogP) is 3.88. The number of hydrogen-bond donors (Lipinski definition) is 2. The molecule has 0 saturated heterocycles. The molecule has 1 aromatic carbocycles. The number of carbonyl (C=O) groups is 1. The van der Waals surface area contributed by atoms with E-state index in [1.807, 2.05) is 24.3 Å². The Labute approximate surface area is 159 Å². The number of nitrogens with one attached hydrogen (secondary N) is 2. The first-order valence-electron chi connectivity index (χ1n) is 8.87. The molecule has 2 aromatic rings. The van der Waals surface area contributed by atoms with Crippen LogP contribution in [0.15, 0.2) is 29.1 Å². The number of aromatic amines is 1. The molecule has 1 amide bonds. The number of carbonyl (C=O) groups excluding carboxylic acids is 1. The van der Waals surface area contributed by atoms with Gasteiger partial charge in [0.2, 0.25) is 5.91 Å². The van der Waals surface area contributed by atoms with Crippen molar-refractivity contribution in [3.8, 4) is 0 Å². The van der Waals surface area contributed by atoms with E-state index in [4.69, 9.17) is 11.6 Å². The highest BCUT2D eigenvalue weighted by molar-refractivity contribution is 6.30. The maximum absolute atomic E-state index is 12.6. The summed E-state index contributed by atoms with van der Waals surface area (Å²) < 4.78 is 0. The summed E-state index contributed by atoms with van der Waals surface area (Å²) in [4.78, 5) is 31.6. The lowest BCUT2D eigenvalue weighted by molar-refractivity contribution is -0.121. The molecule has 26 heavy (non-hydrogen) atoms. The fourth-order valence-corrected chi connectivity index (χ4v) is 3.01. The van der Waals surface area contributed by atoms with Crippen LogP contribution in [-0.2, 0) is 11.2 Å². The SMILES string of the molecule is Cc1nc(C)c(CC(=O)N[C@H](CCC(C)C)c2ccc(Cl)cc2)c(=O)[nH]1. The van der Waals surface area contributed by atoms with Crippen LogP contribution in [0.2, 0.25) is 5.02 Å². The quantitative estimate of drug-likeness (QED) is 0.771. The fourth-order valence-electron chi connectivity index (χ4n) is 2.88. The lowest BCUT2D eigenvalue weighted by atomic mass is 9.97. The second-order valence-electron chi connectivity index (χ2n) is 7.03. The molecule has 2 N–H and O–H groups in total. The van der Waals surface area contributed by atoms with Crippen LogP contribution in [0.3, 0.4) is 0 Å². The zero-order chi connectivity index (χ0) is 19.3. The molecule has 6 heteroatoms. The molecule has 0 spiro atoms. The molecular weight excluding hydrogens is 350 g/mol. The van der Waals surface area contributed by atoms with Gasteiger partial charge in [0.05, 0.1) is 12.5 Å². The van der Waals surface area contributed by atoms with Crippen molar-refractivity contribution in [1.82, 2.24) is 15.3 Å². The van der Waals surface area contributed by atoms with Gasteiger partial charge in [0, 0.05) is 16.3 Å². The third kappa shape index (κ3) is 5.70. The molecule has 2 rings (SSSR count). The van der Waals surface area contributed by atoms with Crippen molar-refractivity contribution < 1.29 is 4.79 Å². The molecule has 0 saturated carbocycles. The van der Waals surface area contributed by atoms with Gasteiger partial charge in [-0.2, -0.15) is 0 Å². The van der Waals surface area contributed by atoms with E-state index in [2.05, 4.69) is 29.1 Å². The van der Waals surface area contributed by atoms with E-state index in [0.717, 1.165) is 18.4 Å². The first kappa shape index (κ1) is 20.2. The third-order valence-electron chi connectivity index (χ3n) is 4.32. The summed E-state index contributed by atoms with van der Waals surface area (Å²) in [5, 5.41) is 3.73. The summed E-state index contributed by atoms with van der Waals surface area (Å²) in [6, 6.07) is 7.40. The van der Waals surface area contributed by atoms with Crippen LogP contribution >= 0.6 is 11.6 Å². The Kier molecular flexibility index (Phi) is 6.98. The number of aryl methyl sites for hydroxylation is 2. The standard InChI is InChI=1S/C20H26ClN3O2/c1-12(2)5-10-18(15-6-8-16(21)9-7-15)24-19(25)11-17-13(3)22-14(4)23-20(17)26/h6-9,12,18H,5,10-11H2,1-4H3,(H,24,25)(H,22,23,26)/t18-/m1/s1. The summed E-state index contributed by atoms with van der Waals surface area (Å²) in [5.74, 6) is 0.897. The number of amides is 1. The van der Waals surface area contributed by atoms with E-state index < -0.39 is 0 Å². The number of halogens is 1. The highest BCUT2D eigenvalue weighted by atomic mass is 35.5. The van der Waals surface area contributed by atoms with Crippen LogP contribution in [0, 0.1) is 19.8 Å². The average Bonchev–Trinajstić information content (AvgIpc) is 2.55. The molecule has 0 fully saturated rings. The molecule has 1 heterocycles. The molecule has 140 valence electrons. The first-order chi connectivity index (χ1) is 12.3. The molecule has 1 aromatic heterocycles. The van der Waals surface area contributed by atoms with Crippen LogP contribution in [0.5, 0.6) is 0 Å². The van der Waals surface area contributed by atoms with Crippen molar-refractivity contribution in [3.05, 3.63) is 62.3 Å². The largest absolute Gasteiger partial charge is 0.349 e. The summed E-state index contributed by atoms with van der Waals surface area (Å²) in [5.41, 5.74) is 1.75. The molecule has 0 aliphatic rings. The lowest BCUT2D eigenvalue weighted by Gasteiger charge is -2.20. The van der Waals surface area contributed by atoms with Crippen LogP contribution < -0.4 is 10.9 Å². The maximum atomic E-state index is 12.6. The number of hydrogen-bond acceptors (Lipinski definition) is 3. The third-order valence-corrected chi connectivity index (χ3v) is 4.57. The number of H-pyrrole nitrogens is 1. The Bertz CT molecular complexity index is 813. The minimum atomic E-state index is -0.254. The Morgan fingerprint density at radius 3 is 2.42 bits per heavy atom. The van der Waals surface area contributed by atoms with Crippen molar-refractivity contribution in [2.45, 2.75) is 53.0 Å². The first-order valence-corrected chi connectivity index (χ1v) is 9.25. The summed E-state index contributed by atoms with van der Waals surface area (Å²) in [7, 11) is 0. The smallest absolute Gasteiger partial charge is 0.254 e. The Balaban J connectivity index is 2.15. The van der Waals surface area contributed by atoms with Crippen molar-refractivity contribution in [3.63, 3.8) is 0 Å². The maximum Gasteiger partial charge on any atom is 0.254 e. The zero-order valence-corrected chi connectivity index (χ0v) is 16.5. The number of aromatic nitrogens is 2. The van der Waals surface area contributed by atoms with Crippen LogP contribution in [0.25, 0.3) is 0 Å². The van der Waals surface area contributed by atoms with Gasteiger partial charge in [0.15, 0.2) is 0 Å². The lowest BCUT2D eigenvalue weighted by Crippen LogP contribution is -2.32. The minimum absolute atomic E-state index is 0.0141. The van der Waals surface area contributed by atoms with E-state index in [0.29, 0.717) is 28.0 Å². The molecule has 1 atom stereocenters. The van der Waals surface area contributed by atoms with E-state index in [1.54, 1.807) is 13.8 Å².